The lowest BCUT2D eigenvalue weighted by Gasteiger charge is -2.31. The monoisotopic (exact) mass is 182 g/mol. The average Bonchev–Trinajstić information content (AvgIpc) is 2.52. The molecule has 3 nitrogen and oxygen atoms in total. The van der Waals surface area contributed by atoms with Gasteiger partial charge in [0, 0.05) is 5.69 Å². The first-order valence-corrected chi connectivity index (χ1v) is 4.93. The Morgan fingerprint density at radius 1 is 1.38 bits per heavy atom. The van der Waals surface area contributed by atoms with Crippen LogP contribution in [0.25, 0.3) is 0 Å². The Bertz CT molecular complexity index is 261. The van der Waals surface area contributed by atoms with E-state index in [1.807, 2.05) is 0 Å². The molecule has 0 spiro atoms. The topological polar surface area (TPSA) is 28.7 Å². The molecule has 1 aromatic heterocycles. The van der Waals surface area contributed by atoms with Gasteiger partial charge in [-0.3, -0.25) is 0 Å². The van der Waals surface area contributed by atoms with Crippen LogP contribution in [0.4, 0.5) is 0 Å². The molecule has 74 valence electrons. The van der Waals surface area contributed by atoms with Gasteiger partial charge in [-0.2, -0.15) is 0 Å². The first-order chi connectivity index (χ1) is 6.11. The van der Waals surface area contributed by atoms with Gasteiger partial charge in [-0.1, -0.05) is 0 Å². The van der Waals surface area contributed by atoms with Crippen molar-refractivity contribution in [3.8, 4) is 0 Å². The zero-order chi connectivity index (χ0) is 9.90. The smallest absolute Gasteiger partial charge is 0.123 e. The SMILES string of the molecule is CC[N+](C)(CC)Cc1nc[nH]c1C. The van der Waals surface area contributed by atoms with E-state index in [4.69, 9.17) is 0 Å². The fraction of sp³-hybridized carbons (Fsp3) is 0.700. The van der Waals surface area contributed by atoms with Crippen molar-refractivity contribution in [3.63, 3.8) is 0 Å². The molecule has 0 aliphatic carbocycles. The fourth-order valence-electron chi connectivity index (χ4n) is 1.36. The molecule has 1 heterocycles. The summed E-state index contributed by atoms with van der Waals surface area (Å²) in [6.45, 7) is 9.88. The summed E-state index contributed by atoms with van der Waals surface area (Å²) < 4.78 is 1.06. The summed E-state index contributed by atoms with van der Waals surface area (Å²) in [6, 6.07) is 0. The van der Waals surface area contributed by atoms with Crippen LogP contribution < -0.4 is 0 Å². The second-order valence-corrected chi connectivity index (χ2v) is 3.88. The number of aromatic nitrogens is 2. The first kappa shape index (κ1) is 10.3. The van der Waals surface area contributed by atoms with Gasteiger partial charge in [0.15, 0.2) is 0 Å². The van der Waals surface area contributed by atoms with Gasteiger partial charge in [0.1, 0.15) is 12.2 Å². The minimum atomic E-state index is 1.03. The fourth-order valence-corrected chi connectivity index (χ4v) is 1.36. The number of hydrogen-bond acceptors (Lipinski definition) is 1. The van der Waals surface area contributed by atoms with E-state index >= 15 is 0 Å². The van der Waals surface area contributed by atoms with Crippen LogP contribution in [0.2, 0.25) is 0 Å². The molecule has 0 saturated heterocycles. The molecule has 1 rings (SSSR count). The van der Waals surface area contributed by atoms with Crippen LogP contribution in [-0.2, 0) is 6.54 Å². The molecule has 0 aromatic carbocycles. The van der Waals surface area contributed by atoms with Crippen LogP contribution in [0, 0.1) is 6.92 Å². The molecule has 0 atom stereocenters. The number of imidazole rings is 1. The highest BCUT2D eigenvalue weighted by Crippen LogP contribution is 2.11. The maximum Gasteiger partial charge on any atom is 0.123 e. The van der Waals surface area contributed by atoms with Crippen LogP contribution in [0.5, 0.6) is 0 Å². The van der Waals surface area contributed by atoms with Gasteiger partial charge < -0.3 is 9.47 Å². The summed E-state index contributed by atoms with van der Waals surface area (Å²) in [4.78, 5) is 7.44. The third-order valence-corrected chi connectivity index (χ3v) is 2.99. The zero-order valence-corrected chi connectivity index (χ0v) is 9.09. The van der Waals surface area contributed by atoms with E-state index in [1.165, 1.54) is 11.4 Å². The highest BCUT2D eigenvalue weighted by atomic mass is 15.3. The van der Waals surface area contributed by atoms with Crippen molar-refractivity contribution in [2.75, 3.05) is 20.1 Å². The van der Waals surface area contributed by atoms with Crippen molar-refractivity contribution in [1.82, 2.24) is 9.97 Å². The van der Waals surface area contributed by atoms with Gasteiger partial charge in [-0.15, -0.1) is 0 Å². The summed E-state index contributed by atoms with van der Waals surface area (Å²) in [5.41, 5.74) is 2.40. The van der Waals surface area contributed by atoms with Gasteiger partial charge >= 0.3 is 0 Å². The van der Waals surface area contributed by atoms with Crippen molar-refractivity contribution >= 4 is 0 Å². The molecule has 0 amide bonds. The summed E-state index contributed by atoms with van der Waals surface area (Å²) in [7, 11) is 2.27. The van der Waals surface area contributed by atoms with Gasteiger partial charge in [0.2, 0.25) is 0 Å². The zero-order valence-electron chi connectivity index (χ0n) is 9.09. The highest BCUT2D eigenvalue weighted by molar-refractivity contribution is 5.06. The van der Waals surface area contributed by atoms with E-state index in [2.05, 4.69) is 37.8 Å². The van der Waals surface area contributed by atoms with Crippen molar-refractivity contribution in [2.45, 2.75) is 27.3 Å². The number of H-pyrrole nitrogens is 1. The predicted octanol–water partition coefficient (Wildman–Crippen LogP) is 1.70. The Kier molecular flexibility index (Phi) is 3.09. The van der Waals surface area contributed by atoms with Gasteiger partial charge in [-0.05, 0) is 20.8 Å². The summed E-state index contributed by atoms with van der Waals surface area (Å²) in [5.74, 6) is 0. The standard InChI is InChI=1S/C10H20N3/c1-5-13(4,6-2)7-10-9(3)11-8-12-10/h8H,5-7H2,1-4H3,(H,11,12)/q+1. The number of nitrogens with zero attached hydrogens (tertiary/aromatic N) is 2. The highest BCUT2D eigenvalue weighted by Gasteiger charge is 2.19. The molecule has 1 aromatic rings. The van der Waals surface area contributed by atoms with E-state index in [1.54, 1.807) is 6.33 Å². The number of nitrogens with one attached hydrogen (secondary N) is 1. The Hall–Kier alpha value is -0.830. The molecule has 1 N–H and O–H groups in total. The Morgan fingerprint density at radius 2 is 2.00 bits per heavy atom. The van der Waals surface area contributed by atoms with Crippen molar-refractivity contribution < 1.29 is 4.48 Å². The third-order valence-electron chi connectivity index (χ3n) is 2.99. The van der Waals surface area contributed by atoms with Gasteiger partial charge in [-0.25, -0.2) is 4.98 Å². The molecule has 0 unspecified atom stereocenters. The number of rotatable bonds is 4. The Labute approximate surface area is 80.4 Å². The van der Waals surface area contributed by atoms with Crippen molar-refractivity contribution in [3.05, 3.63) is 17.7 Å². The number of aryl methyl sites for hydroxylation is 1. The van der Waals surface area contributed by atoms with Crippen LogP contribution in [0.15, 0.2) is 6.33 Å². The van der Waals surface area contributed by atoms with Crippen LogP contribution in [0.3, 0.4) is 0 Å². The molecular weight excluding hydrogens is 162 g/mol. The maximum absolute atomic E-state index is 4.33. The predicted molar refractivity (Wildman–Crippen MR) is 54.3 cm³/mol. The Balaban J connectivity index is 2.73. The normalized spacial score (nSPS) is 12.0. The minimum absolute atomic E-state index is 1.03. The summed E-state index contributed by atoms with van der Waals surface area (Å²) >= 11 is 0. The molecule has 0 aliphatic rings. The van der Waals surface area contributed by atoms with E-state index in [0.29, 0.717) is 0 Å². The lowest BCUT2D eigenvalue weighted by molar-refractivity contribution is -0.919. The molecule has 0 radical (unpaired) electrons. The van der Waals surface area contributed by atoms with Crippen LogP contribution in [-0.4, -0.2) is 34.6 Å². The maximum atomic E-state index is 4.33. The molecule has 3 heteroatoms. The molecule has 0 saturated carbocycles. The third kappa shape index (κ3) is 2.31. The van der Waals surface area contributed by atoms with Gasteiger partial charge in [0.25, 0.3) is 0 Å². The quantitative estimate of drug-likeness (QED) is 0.705. The van der Waals surface area contributed by atoms with Crippen LogP contribution in [0.1, 0.15) is 25.2 Å². The number of quaternary nitrogens is 1. The number of aromatic amines is 1. The summed E-state index contributed by atoms with van der Waals surface area (Å²) in [6.07, 6.45) is 1.78. The van der Waals surface area contributed by atoms with E-state index in [9.17, 15) is 0 Å². The van der Waals surface area contributed by atoms with E-state index < -0.39 is 0 Å². The Morgan fingerprint density at radius 3 is 2.38 bits per heavy atom. The molecule has 0 bridgehead atoms. The largest absolute Gasteiger partial charge is 0.348 e. The molecular formula is C10H20N3+. The van der Waals surface area contributed by atoms with E-state index in [-0.39, 0.29) is 0 Å². The van der Waals surface area contributed by atoms with Gasteiger partial charge in [0.05, 0.1) is 26.5 Å². The second kappa shape index (κ2) is 3.92. The molecule has 0 aliphatic heterocycles. The lowest BCUT2D eigenvalue weighted by atomic mass is 10.3. The van der Waals surface area contributed by atoms with Crippen LogP contribution >= 0.6 is 0 Å². The number of hydrogen-bond donors (Lipinski definition) is 1. The van der Waals surface area contributed by atoms with Crippen molar-refractivity contribution in [1.29, 1.82) is 0 Å². The molecule has 0 fully saturated rings. The lowest BCUT2D eigenvalue weighted by Crippen LogP contribution is -2.42. The van der Waals surface area contributed by atoms with Crippen molar-refractivity contribution in [2.24, 2.45) is 0 Å². The average molecular weight is 182 g/mol. The second-order valence-electron chi connectivity index (χ2n) is 3.88. The summed E-state index contributed by atoms with van der Waals surface area (Å²) in [5, 5.41) is 0. The molecule has 13 heavy (non-hydrogen) atoms. The first-order valence-electron chi connectivity index (χ1n) is 4.93. The minimum Gasteiger partial charge on any atom is -0.348 e. The van der Waals surface area contributed by atoms with E-state index in [0.717, 1.165) is 24.1 Å².